The molecular weight excluding hydrogens is 180 g/mol. The van der Waals surface area contributed by atoms with E-state index < -0.39 is 0 Å². The first-order valence-electron chi connectivity index (χ1n) is 6.86. The van der Waals surface area contributed by atoms with E-state index in [2.05, 4.69) is 26.0 Å². The standard InChI is InChI=1S/C15H29/c1-3-5-7-9-11-13-15-14-12-10-8-6-4-2/h9,11H,1,3-8,10,12-15H2,2H3. The van der Waals surface area contributed by atoms with Crippen LogP contribution in [-0.4, -0.2) is 0 Å². The van der Waals surface area contributed by atoms with Crippen molar-refractivity contribution in [2.45, 2.75) is 77.6 Å². The summed E-state index contributed by atoms with van der Waals surface area (Å²) in [6.45, 7) is 6.11. The molecule has 0 nitrogen and oxygen atoms in total. The van der Waals surface area contributed by atoms with Gasteiger partial charge in [-0.05, 0) is 25.7 Å². The van der Waals surface area contributed by atoms with Crippen molar-refractivity contribution in [3.05, 3.63) is 19.1 Å². The van der Waals surface area contributed by atoms with E-state index in [9.17, 15) is 0 Å². The fourth-order valence-electron chi connectivity index (χ4n) is 1.72. The van der Waals surface area contributed by atoms with E-state index in [1.165, 1.54) is 64.2 Å². The second kappa shape index (κ2) is 13.7. The van der Waals surface area contributed by atoms with Crippen LogP contribution in [0.15, 0.2) is 12.2 Å². The topological polar surface area (TPSA) is 0 Å². The first kappa shape index (κ1) is 14.7. The maximum absolute atomic E-state index is 3.83. The highest BCUT2D eigenvalue weighted by Crippen LogP contribution is 2.08. The fraction of sp³-hybridized carbons (Fsp3) is 0.800. The van der Waals surface area contributed by atoms with Gasteiger partial charge in [-0.15, -0.1) is 0 Å². The Morgan fingerprint density at radius 3 is 1.87 bits per heavy atom. The molecule has 0 aliphatic carbocycles. The van der Waals surface area contributed by atoms with Crippen molar-refractivity contribution in [2.24, 2.45) is 0 Å². The van der Waals surface area contributed by atoms with E-state index in [0.717, 1.165) is 6.42 Å². The van der Waals surface area contributed by atoms with Gasteiger partial charge in [0.2, 0.25) is 0 Å². The van der Waals surface area contributed by atoms with Gasteiger partial charge in [0.1, 0.15) is 0 Å². The number of rotatable bonds is 11. The molecule has 1 radical (unpaired) electrons. The number of hydrogen-bond donors (Lipinski definition) is 0. The highest BCUT2D eigenvalue weighted by Gasteiger charge is 1.89. The highest BCUT2D eigenvalue weighted by atomic mass is 14.0. The van der Waals surface area contributed by atoms with Crippen molar-refractivity contribution in [3.63, 3.8) is 0 Å². The Morgan fingerprint density at radius 1 is 0.733 bits per heavy atom. The maximum atomic E-state index is 3.83. The van der Waals surface area contributed by atoms with Crippen molar-refractivity contribution in [3.8, 4) is 0 Å². The van der Waals surface area contributed by atoms with Crippen molar-refractivity contribution in [1.82, 2.24) is 0 Å². The molecule has 0 aliphatic rings. The summed E-state index contributed by atoms with van der Waals surface area (Å²) in [5.74, 6) is 0. The quantitative estimate of drug-likeness (QED) is 0.303. The molecule has 0 aromatic heterocycles. The zero-order valence-electron chi connectivity index (χ0n) is 10.6. The minimum atomic E-state index is 1.07. The second-order valence-corrected chi connectivity index (χ2v) is 4.38. The first-order chi connectivity index (χ1) is 7.41. The van der Waals surface area contributed by atoms with Gasteiger partial charge in [0.15, 0.2) is 0 Å². The molecule has 0 rings (SSSR count). The van der Waals surface area contributed by atoms with Crippen LogP contribution in [0.4, 0.5) is 0 Å². The van der Waals surface area contributed by atoms with Crippen LogP contribution in [0.3, 0.4) is 0 Å². The van der Waals surface area contributed by atoms with E-state index in [4.69, 9.17) is 0 Å². The number of allylic oxidation sites excluding steroid dienone is 2. The van der Waals surface area contributed by atoms with E-state index in [-0.39, 0.29) is 0 Å². The van der Waals surface area contributed by atoms with Crippen LogP contribution in [0, 0.1) is 6.92 Å². The van der Waals surface area contributed by atoms with Crippen LogP contribution < -0.4 is 0 Å². The second-order valence-electron chi connectivity index (χ2n) is 4.38. The predicted molar refractivity (Wildman–Crippen MR) is 71.0 cm³/mol. The minimum absolute atomic E-state index is 1.07. The third kappa shape index (κ3) is 13.7. The Labute approximate surface area is 97.2 Å². The van der Waals surface area contributed by atoms with Gasteiger partial charge in [0.05, 0.1) is 0 Å². The van der Waals surface area contributed by atoms with E-state index in [1.54, 1.807) is 0 Å². The molecule has 0 spiro atoms. The third-order valence-electron chi connectivity index (χ3n) is 2.76. The van der Waals surface area contributed by atoms with Gasteiger partial charge in [0, 0.05) is 0 Å². The average molecular weight is 209 g/mol. The number of hydrogen-bond acceptors (Lipinski definition) is 0. The lowest BCUT2D eigenvalue weighted by atomic mass is 10.1. The largest absolute Gasteiger partial charge is 0.0885 e. The monoisotopic (exact) mass is 209 g/mol. The fourth-order valence-corrected chi connectivity index (χ4v) is 1.72. The molecule has 89 valence electrons. The summed E-state index contributed by atoms with van der Waals surface area (Å²) < 4.78 is 0. The van der Waals surface area contributed by atoms with Gasteiger partial charge in [0.25, 0.3) is 0 Å². The number of unbranched alkanes of at least 4 members (excludes halogenated alkanes) is 9. The molecule has 0 aromatic rings. The molecule has 0 N–H and O–H groups in total. The first-order valence-corrected chi connectivity index (χ1v) is 6.86. The van der Waals surface area contributed by atoms with Crippen LogP contribution in [0.2, 0.25) is 0 Å². The zero-order valence-corrected chi connectivity index (χ0v) is 10.6. The predicted octanol–water partition coefficient (Wildman–Crippen LogP) is 5.69. The van der Waals surface area contributed by atoms with Gasteiger partial charge in [-0.25, -0.2) is 0 Å². The molecule has 0 saturated carbocycles. The molecule has 0 fully saturated rings. The van der Waals surface area contributed by atoms with Crippen LogP contribution in [0.25, 0.3) is 0 Å². The van der Waals surface area contributed by atoms with E-state index >= 15 is 0 Å². The Kier molecular flexibility index (Phi) is 13.5. The van der Waals surface area contributed by atoms with Gasteiger partial charge in [-0.3, -0.25) is 0 Å². The molecule has 0 aliphatic heterocycles. The lowest BCUT2D eigenvalue weighted by Gasteiger charge is -1.98. The van der Waals surface area contributed by atoms with Crippen molar-refractivity contribution >= 4 is 0 Å². The molecule has 0 heterocycles. The summed E-state index contributed by atoms with van der Waals surface area (Å²) in [5.41, 5.74) is 0. The summed E-state index contributed by atoms with van der Waals surface area (Å²) in [6, 6.07) is 0. The van der Waals surface area contributed by atoms with Crippen LogP contribution in [-0.2, 0) is 0 Å². The van der Waals surface area contributed by atoms with Crippen LogP contribution in [0.5, 0.6) is 0 Å². The molecule has 0 aromatic carbocycles. The average Bonchev–Trinajstić information content (AvgIpc) is 2.26. The lowest BCUT2D eigenvalue weighted by molar-refractivity contribution is 0.592. The molecule has 0 heteroatoms. The normalized spacial score (nSPS) is 11.3. The molecule has 0 saturated heterocycles. The SMILES string of the molecule is [CH2]CCCC=CCCCCCCCCC. The van der Waals surface area contributed by atoms with Crippen LogP contribution in [0.1, 0.15) is 77.6 Å². The molecule has 15 heavy (non-hydrogen) atoms. The molecule has 0 atom stereocenters. The Hall–Kier alpha value is -0.260. The summed E-state index contributed by atoms with van der Waals surface area (Å²) in [4.78, 5) is 0. The Morgan fingerprint density at radius 2 is 1.27 bits per heavy atom. The van der Waals surface area contributed by atoms with E-state index in [1.807, 2.05) is 0 Å². The highest BCUT2D eigenvalue weighted by molar-refractivity contribution is 4.81. The van der Waals surface area contributed by atoms with Gasteiger partial charge in [-0.2, -0.15) is 0 Å². The van der Waals surface area contributed by atoms with Crippen molar-refractivity contribution < 1.29 is 0 Å². The van der Waals surface area contributed by atoms with Crippen molar-refractivity contribution in [2.75, 3.05) is 0 Å². The van der Waals surface area contributed by atoms with Gasteiger partial charge >= 0.3 is 0 Å². The molecule has 0 amide bonds. The van der Waals surface area contributed by atoms with Gasteiger partial charge < -0.3 is 0 Å². The maximum Gasteiger partial charge on any atom is -0.0351 e. The summed E-state index contributed by atoms with van der Waals surface area (Å²) >= 11 is 0. The summed E-state index contributed by atoms with van der Waals surface area (Å²) in [5, 5.41) is 0. The molecular formula is C15H29. The zero-order chi connectivity index (χ0) is 11.2. The lowest BCUT2D eigenvalue weighted by Crippen LogP contribution is -1.78. The van der Waals surface area contributed by atoms with Crippen LogP contribution >= 0.6 is 0 Å². The van der Waals surface area contributed by atoms with E-state index in [0.29, 0.717) is 0 Å². The Balaban J connectivity index is 2.95. The minimum Gasteiger partial charge on any atom is -0.0885 e. The summed E-state index contributed by atoms with van der Waals surface area (Å²) in [6.07, 6.45) is 19.4. The van der Waals surface area contributed by atoms with Crippen molar-refractivity contribution in [1.29, 1.82) is 0 Å². The molecule has 0 bridgehead atoms. The smallest absolute Gasteiger partial charge is 0.0351 e. The Bertz CT molecular complexity index is 124. The van der Waals surface area contributed by atoms with Gasteiger partial charge in [-0.1, -0.05) is 70.9 Å². The summed E-state index contributed by atoms with van der Waals surface area (Å²) in [7, 11) is 0. The molecule has 0 unspecified atom stereocenters. The third-order valence-corrected chi connectivity index (χ3v) is 2.76.